The van der Waals surface area contributed by atoms with Gasteiger partial charge in [-0.3, -0.25) is 4.79 Å². The van der Waals surface area contributed by atoms with E-state index in [9.17, 15) is 9.59 Å². The Morgan fingerprint density at radius 1 is 0.833 bits per heavy atom. The number of carbonyl (C=O) groups is 2. The first-order valence-corrected chi connectivity index (χ1v) is 7.74. The number of rotatable bonds is 3. The summed E-state index contributed by atoms with van der Waals surface area (Å²) in [5.74, 6) is -1.47. The molecule has 3 aromatic carbocycles. The van der Waals surface area contributed by atoms with Gasteiger partial charge in [-0.15, -0.1) is 0 Å². The largest absolute Gasteiger partial charge is 0.447 e. The molecule has 0 aromatic heterocycles. The SMILES string of the molecule is O=C(OC1C=Cc2cccc3cccc1c23)C(=O)c1ccccc1. The predicted octanol–water partition coefficient (Wildman–Crippen LogP) is 4.33. The Hall–Kier alpha value is -3.20. The molecule has 0 bridgehead atoms. The Labute approximate surface area is 139 Å². The molecule has 0 N–H and O–H groups in total. The summed E-state index contributed by atoms with van der Waals surface area (Å²) in [5.41, 5.74) is 2.32. The Morgan fingerprint density at radius 3 is 2.38 bits per heavy atom. The Kier molecular flexibility index (Phi) is 3.47. The van der Waals surface area contributed by atoms with Gasteiger partial charge in [0.2, 0.25) is 0 Å². The van der Waals surface area contributed by atoms with E-state index in [1.807, 2.05) is 48.6 Å². The number of carbonyl (C=O) groups excluding carboxylic acids is 2. The second-order valence-electron chi connectivity index (χ2n) is 5.67. The summed E-state index contributed by atoms with van der Waals surface area (Å²) in [4.78, 5) is 24.4. The van der Waals surface area contributed by atoms with Crippen molar-refractivity contribution in [2.75, 3.05) is 0 Å². The van der Waals surface area contributed by atoms with Crippen molar-refractivity contribution in [1.29, 1.82) is 0 Å². The molecule has 3 heteroatoms. The lowest BCUT2D eigenvalue weighted by atomic mass is 9.91. The van der Waals surface area contributed by atoms with Crippen molar-refractivity contribution in [3.8, 4) is 0 Å². The molecule has 0 saturated carbocycles. The van der Waals surface area contributed by atoms with Crippen LogP contribution >= 0.6 is 0 Å². The van der Waals surface area contributed by atoms with Gasteiger partial charge in [0.05, 0.1) is 0 Å². The van der Waals surface area contributed by atoms with Crippen LogP contribution in [0.5, 0.6) is 0 Å². The number of ketones is 1. The Bertz CT molecular complexity index is 966. The van der Waals surface area contributed by atoms with Crippen LogP contribution in [0.3, 0.4) is 0 Å². The maximum absolute atomic E-state index is 12.2. The monoisotopic (exact) mass is 314 g/mol. The minimum Gasteiger partial charge on any atom is -0.447 e. The maximum Gasteiger partial charge on any atom is 0.380 e. The number of hydrogen-bond acceptors (Lipinski definition) is 3. The van der Waals surface area contributed by atoms with Crippen LogP contribution in [0, 0.1) is 0 Å². The highest BCUT2D eigenvalue weighted by molar-refractivity contribution is 6.40. The van der Waals surface area contributed by atoms with E-state index >= 15 is 0 Å². The van der Waals surface area contributed by atoms with Crippen molar-refractivity contribution in [3.63, 3.8) is 0 Å². The molecule has 24 heavy (non-hydrogen) atoms. The number of Topliss-reactive ketones (excluding diaryl/α,β-unsaturated/α-hetero) is 1. The van der Waals surface area contributed by atoms with E-state index in [0.717, 1.165) is 21.9 Å². The molecule has 1 unspecified atom stereocenters. The van der Waals surface area contributed by atoms with Gasteiger partial charge < -0.3 is 4.74 Å². The van der Waals surface area contributed by atoms with Crippen LogP contribution in [-0.2, 0) is 9.53 Å². The molecule has 0 fully saturated rings. The van der Waals surface area contributed by atoms with E-state index in [1.165, 1.54) is 0 Å². The van der Waals surface area contributed by atoms with E-state index in [1.54, 1.807) is 30.3 Å². The van der Waals surface area contributed by atoms with Crippen LogP contribution in [0.15, 0.2) is 72.8 Å². The van der Waals surface area contributed by atoms with Crippen molar-refractivity contribution < 1.29 is 14.3 Å². The van der Waals surface area contributed by atoms with Crippen molar-refractivity contribution >= 4 is 28.6 Å². The summed E-state index contributed by atoms with van der Waals surface area (Å²) in [5, 5.41) is 2.15. The molecule has 116 valence electrons. The van der Waals surface area contributed by atoms with E-state index in [-0.39, 0.29) is 0 Å². The van der Waals surface area contributed by atoms with Gasteiger partial charge in [0.25, 0.3) is 5.78 Å². The fourth-order valence-corrected chi connectivity index (χ4v) is 3.05. The van der Waals surface area contributed by atoms with Crippen LogP contribution in [0.1, 0.15) is 27.6 Å². The molecule has 0 amide bonds. The lowest BCUT2D eigenvalue weighted by Crippen LogP contribution is -2.20. The third-order valence-electron chi connectivity index (χ3n) is 4.18. The lowest BCUT2D eigenvalue weighted by molar-refractivity contribution is -0.141. The topological polar surface area (TPSA) is 43.4 Å². The smallest absolute Gasteiger partial charge is 0.380 e. The minimum absolute atomic E-state index is 0.334. The molecular formula is C21H14O3. The fourth-order valence-electron chi connectivity index (χ4n) is 3.05. The first-order valence-electron chi connectivity index (χ1n) is 7.74. The van der Waals surface area contributed by atoms with Crippen LogP contribution in [0.4, 0.5) is 0 Å². The molecule has 0 saturated heterocycles. The summed E-state index contributed by atoms with van der Waals surface area (Å²) < 4.78 is 5.48. The van der Waals surface area contributed by atoms with Gasteiger partial charge in [-0.25, -0.2) is 4.79 Å². The molecule has 0 spiro atoms. The standard InChI is InChI=1S/C21H14O3/c22-20(16-6-2-1-3-7-16)21(23)24-18-13-12-15-9-4-8-14-10-5-11-17(18)19(14)15/h1-13,18H. The quantitative estimate of drug-likeness (QED) is 0.410. The molecule has 3 aromatic rings. The first kappa shape index (κ1) is 14.4. The average molecular weight is 314 g/mol. The van der Waals surface area contributed by atoms with Gasteiger partial charge >= 0.3 is 5.97 Å². The fraction of sp³-hybridized carbons (Fsp3) is 0.0476. The third-order valence-corrected chi connectivity index (χ3v) is 4.18. The molecule has 1 atom stereocenters. The van der Waals surface area contributed by atoms with Gasteiger partial charge in [-0.2, -0.15) is 0 Å². The summed E-state index contributed by atoms with van der Waals surface area (Å²) in [6, 6.07) is 20.4. The van der Waals surface area contributed by atoms with Crippen molar-refractivity contribution in [2.24, 2.45) is 0 Å². The minimum atomic E-state index is -0.841. The van der Waals surface area contributed by atoms with Gasteiger partial charge in [0, 0.05) is 11.1 Å². The van der Waals surface area contributed by atoms with Crippen molar-refractivity contribution in [1.82, 2.24) is 0 Å². The number of ether oxygens (including phenoxy) is 1. The molecule has 0 aliphatic heterocycles. The second-order valence-corrected chi connectivity index (χ2v) is 5.67. The number of esters is 1. The van der Waals surface area contributed by atoms with E-state index in [0.29, 0.717) is 5.56 Å². The highest BCUT2D eigenvalue weighted by atomic mass is 16.5. The van der Waals surface area contributed by atoms with Gasteiger partial charge in [-0.05, 0) is 22.4 Å². The summed E-state index contributed by atoms with van der Waals surface area (Å²) in [6.07, 6.45) is 3.19. The van der Waals surface area contributed by atoms with E-state index < -0.39 is 17.9 Å². The zero-order valence-corrected chi connectivity index (χ0v) is 12.8. The van der Waals surface area contributed by atoms with E-state index in [4.69, 9.17) is 4.74 Å². The van der Waals surface area contributed by atoms with Gasteiger partial charge in [0.1, 0.15) is 6.10 Å². The van der Waals surface area contributed by atoms with E-state index in [2.05, 4.69) is 0 Å². The summed E-state index contributed by atoms with van der Waals surface area (Å²) >= 11 is 0. The highest BCUT2D eigenvalue weighted by Gasteiger charge is 2.25. The summed E-state index contributed by atoms with van der Waals surface area (Å²) in [7, 11) is 0. The van der Waals surface area contributed by atoms with Crippen LogP contribution in [-0.4, -0.2) is 11.8 Å². The number of hydrogen-bond donors (Lipinski definition) is 0. The Morgan fingerprint density at radius 2 is 1.58 bits per heavy atom. The normalized spacial score (nSPS) is 15.2. The van der Waals surface area contributed by atoms with Gasteiger partial charge in [-0.1, -0.05) is 72.8 Å². The zero-order valence-electron chi connectivity index (χ0n) is 12.8. The van der Waals surface area contributed by atoms with Crippen LogP contribution < -0.4 is 0 Å². The molecular weight excluding hydrogens is 300 g/mol. The average Bonchev–Trinajstić information content (AvgIpc) is 2.64. The second kappa shape index (κ2) is 5.78. The molecule has 4 rings (SSSR count). The van der Waals surface area contributed by atoms with Crippen LogP contribution in [0.2, 0.25) is 0 Å². The molecule has 0 heterocycles. The molecule has 1 aliphatic carbocycles. The predicted molar refractivity (Wildman–Crippen MR) is 92.6 cm³/mol. The summed E-state index contributed by atoms with van der Waals surface area (Å²) in [6.45, 7) is 0. The number of benzene rings is 3. The van der Waals surface area contributed by atoms with Crippen LogP contribution in [0.25, 0.3) is 16.8 Å². The lowest BCUT2D eigenvalue weighted by Gasteiger charge is -2.21. The van der Waals surface area contributed by atoms with Crippen molar-refractivity contribution in [2.45, 2.75) is 6.10 Å². The van der Waals surface area contributed by atoms with Gasteiger partial charge in [0.15, 0.2) is 0 Å². The maximum atomic E-state index is 12.2. The zero-order chi connectivity index (χ0) is 16.5. The third kappa shape index (κ3) is 2.40. The molecule has 3 nitrogen and oxygen atoms in total. The molecule has 1 aliphatic rings. The van der Waals surface area contributed by atoms with Crippen molar-refractivity contribution in [3.05, 3.63) is 89.5 Å². The Balaban J connectivity index is 1.65. The highest BCUT2D eigenvalue weighted by Crippen LogP contribution is 2.35. The molecule has 0 radical (unpaired) electrons. The first-order chi connectivity index (χ1) is 11.7.